The van der Waals surface area contributed by atoms with Crippen LogP contribution in [0.2, 0.25) is 0 Å². The SMILES string of the molecule is COC(=O)CCCN1CCC2CCC(C1)N2C. The van der Waals surface area contributed by atoms with Crippen molar-refractivity contribution in [3.63, 3.8) is 0 Å². The molecule has 0 spiro atoms. The Balaban J connectivity index is 1.73. The maximum absolute atomic E-state index is 11.1. The number of ether oxygens (including phenoxy) is 1. The summed E-state index contributed by atoms with van der Waals surface area (Å²) in [5.41, 5.74) is 0. The first-order valence-electron chi connectivity index (χ1n) is 6.72. The van der Waals surface area contributed by atoms with Crippen molar-refractivity contribution in [2.45, 2.75) is 44.2 Å². The zero-order valence-corrected chi connectivity index (χ0v) is 11.0. The zero-order valence-electron chi connectivity index (χ0n) is 11.0. The highest BCUT2D eigenvalue weighted by Gasteiger charge is 2.34. The molecule has 0 amide bonds. The van der Waals surface area contributed by atoms with Crippen molar-refractivity contribution in [1.29, 1.82) is 0 Å². The van der Waals surface area contributed by atoms with E-state index in [0.29, 0.717) is 6.42 Å². The molecular weight excluding hydrogens is 216 g/mol. The normalized spacial score (nSPS) is 30.2. The number of likely N-dealkylation sites (N-methyl/N-ethyl adjacent to an activating group) is 1. The quantitative estimate of drug-likeness (QED) is 0.689. The molecule has 0 aliphatic carbocycles. The van der Waals surface area contributed by atoms with Crippen molar-refractivity contribution in [1.82, 2.24) is 9.80 Å². The fourth-order valence-corrected chi connectivity index (χ4v) is 3.13. The molecule has 98 valence electrons. The summed E-state index contributed by atoms with van der Waals surface area (Å²) >= 11 is 0. The van der Waals surface area contributed by atoms with Crippen LogP contribution in [0.15, 0.2) is 0 Å². The highest BCUT2D eigenvalue weighted by atomic mass is 16.5. The lowest BCUT2D eigenvalue weighted by molar-refractivity contribution is -0.140. The summed E-state index contributed by atoms with van der Waals surface area (Å²) in [5, 5.41) is 0. The number of methoxy groups -OCH3 is 1. The number of fused-ring (bicyclic) bond motifs is 2. The van der Waals surface area contributed by atoms with Crippen molar-refractivity contribution in [3.8, 4) is 0 Å². The summed E-state index contributed by atoms with van der Waals surface area (Å²) in [7, 11) is 3.72. The van der Waals surface area contributed by atoms with Gasteiger partial charge in [0.05, 0.1) is 7.11 Å². The van der Waals surface area contributed by atoms with Crippen LogP contribution in [0, 0.1) is 0 Å². The van der Waals surface area contributed by atoms with Crippen molar-refractivity contribution >= 4 is 5.97 Å². The Labute approximate surface area is 104 Å². The Hall–Kier alpha value is -0.610. The maximum Gasteiger partial charge on any atom is 0.305 e. The topological polar surface area (TPSA) is 32.8 Å². The fourth-order valence-electron chi connectivity index (χ4n) is 3.13. The summed E-state index contributed by atoms with van der Waals surface area (Å²) in [6.07, 6.45) is 5.47. The highest BCUT2D eigenvalue weighted by molar-refractivity contribution is 5.69. The molecule has 2 rings (SSSR count). The monoisotopic (exact) mass is 240 g/mol. The van der Waals surface area contributed by atoms with E-state index in [-0.39, 0.29) is 5.97 Å². The molecule has 0 aromatic carbocycles. The second-order valence-corrected chi connectivity index (χ2v) is 5.32. The summed E-state index contributed by atoms with van der Waals surface area (Å²) in [5.74, 6) is -0.0848. The Bertz CT molecular complexity index is 270. The molecule has 4 heteroatoms. The summed E-state index contributed by atoms with van der Waals surface area (Å²) in [4.78, 5) is 16.1. The fraction of sp³-hybridized carbons (Fsp3) is 0.923. The Morgan fingerprint density at radius 2 is 2.06 bits per heavy atom. The van der Waals surface area contributed by atoms with E-state index in [0.717, 1.165) is 25.0 Å². The van der Waals surface area contributed by atoms with Crippen LogP contribution in [0.25, 0.3) is 0 Å². The van der Waals surface area contributed by atoms with Gasteiger partial charge in [-0.15, -0.1) is 0 Å². The van der Waals surface area contributed by atoms with Crippen LogP contribution in [0.5, 0.6) is 0 Å². The smallest absolute Gasteiger partial charge is 0.305 e. The summed E-state index contributed by atoms with van der Waals surface area (Å²) in [6.45, 7) is 3.40. The number of carbonyl (C=O) groups is 1. The van der Waals surface area contributed by atoms with Gasteiger partial charge in [-0.2, -0.15) is 0 Å². The number of esters is 1. The van der Waals surface area contributed by atoms with E-state index < -0.39 is 0 Å². The number of likely N-dealkylation sites (tertiary alicyclic amines) is 1. The number of rotatable bonds is 4. The van der Waals surface area contributed by atoms with Gasteiger partial charge in [-0.05, 0) is 45.8 Å². The minimum absolute atomic E-state index is 0.0848. The van der Waals surface area contributed by atoms with Crippen molar-refractivity contribution in [3.05, 3.63) is 0 Å². The standard InChI is InChI=1S/C13H24N2O2/c1-14-11-5-6-12(14)10-15(9-7-11)8-3-4-13(16)17-2/h11-12H,3-10H2,1-2H3. The molecule has 2 fully saturated rings. The molecule has 0 radical (unpaired) electrons. The summed E-state index contributed by atoms with van der Waals surface area (Å²) < 4.78 is 4.67. The van der Waals surface area contributed by atoms with Crippen LogP contribution in [0.1, 0.15) is 32.1 Å². The molecule has 2 atom stereocenters. The van der Waals surface area contributed by atoms with Crippen LogP contribution in [-0.4, -0.2) is 61.6 Å². The average Bonchev–Trinajstić information content (AvgIpc) is 2.56. The van der Waals surface area contributed by atoms with E-state index in [1.165, 1.54) is 39.5 Å². The molecule has 2 unspecified atom stereocenters. The first-order valence-corrected chi connectivity index (χ1v) is 6.72. The molecule has 0 saturated carbocycles. The molecule has 0 aromatic heterocycles. The third kappa shape index (κ3) is 3.19. The summed E-state index contributed by atoms with van der Waals surface area (Å²) in [6, 6.07) is 1.53. The third-order valence-corrected chi connectivity index (χ3v) is 4.32. The van der Waals surface area contributed by atoms with E-state index in [1.54, 1.807) is 0 Å². The minimum atomic E-state index is -0.0848. The van der Waals surface area contributed by atoms with E-state index in [1.807, 2.05) is 0 Å². The number of hydrogen-bond acceptors (Lipinski definition) is 4. The number of hydrogen-bond donors (Lipinski definition) is 0. The minimum Gasteiger partial charge on any atom is -0.469 e. The molecule has 2 aliphatic heterocycles. The first-order chi connectivity index (χ1) is 8.20. The largest absolute Gasteiger partial charge is 0.469 e. The van der Waals surface area contributed by atoms with Gasteiger partial charge in [-0.3, -0.25) is 9.69 Å². The van der Waals surface area contributed by atoms with Gasteiger partial charge < -0.3 is 9.64 Å². The predicted molar refractivity (Wildman–Crippen MR) is 66.9 cm³/mol. The number of nitrogens with zero attached hydrogens (tertiary/aromatic N) is 2. The van der Waals surface area contributed by atoms with E-state index in [2.05, 4.69) is 21.6 Å². The lowest BCUT2D eigenvalue weighted by Crippen LogP contribution is -2.37. The van der Waals surface area contributed by atoms with Gasteiger partial charge in [0.25, 0.3) is 0 Å². The molecule has 0 N–H and O–H groups in total. The molecular formula is C13H24N2O2. The lowest BCUT2D eigenvalue weighted by atomic mass is 10.1. The van der Waals surface area contributed by atoms with Crippen LogP contribution in [-0.2, 0) is 9.53 Å². The molecule has 4 nitrogen and oxygen atoms in total. The van der Waals surface area contributed by atoms with Crippen molar-refractivity contribution in [2.75, 3.05) is 33.8 Å². The lowest BCUT2D eigenvalue weighted by Gasteiger charge is -2.25. The van der Waals surface area contributed by atoms with Crippen molar-refractivity contribution < 1.29 is 9.53 Å². The second kappa shape index (κ2) is 5.83. The Morgan fingerprint density at radius 1 is 1.29 bits per heavy atom. The van der Waals surface area contributed by atoms with E-state index >= 15 is 0 Å². The predicted octanol–water partition coefficient (Wildman–Crippen LogP) is 1.11. The number of carbonyl (C=O) groups excluding carboxylic acids is 1. The first kappa shape index (κ1) is 12.8. The van der Waals surface area contributed by atoms with E-state index in [4.69, 9.17) is 0 Å². The average molecular weight is 240 g/mol. The zero-order chi connectivity index (χ0) is 12.3. The third-order valence-electron chi connectivity index (χ3n) is 4.32. The van der Waals surface area contributed by atoms with Gasteiger partial charge in [0.15, 0.2) is 0 Å². The molecule has 2 saturated heterocycles. The highest BCUT2D eigenvalue weighted by Crippen LogP contribution is 2.28. The molecule has 2 aliphatic rings. The van der Waals surface area contributed by atoms with Gasteiger partial charge in [-0.25, -0.2) is 0 Å². The molecule has 2 bridgehead atoms. The van der Waals surface area contributed by atoms with Crippen LogP contribution in [0.4, 0.5) is 0 Å². The van der Waals surface area contributed by atoms with Gasteiger partial charge in [0.2, 0.25) is 0 Å². The van der Waals surface area contributed by atoms with Gasteiger partial charge in [-0.1, -0.05) is 0 Å². The maximum atomic E-state index is 11.1. The van der Waals surface area contributed by atoms with Crippen LogP contribution in [0.3, 0.4) is 0 Å². The Kier molecular flexibility index (Phi) is 4.40. The van der Waals surface area contributed by atoms with E-state index in [9.17, 15) is 4.79 Å². The molecule has 2 heterocycles. The van der Waals surface area contributed by atoms with Crippen LogP contribution >= 0.6 is 0 Å². The Morgan fingerprint density at radius 3 is 2.82 bits per heavy atom. The van der Waals surface area contributed by atoms with Gasteiger partial charge in [0.1, 0.15) is 0 Å². The van der Waals surface area contributed by atoms with Gasteiger partial charge in [0, 0.05) is 25.0 Å². The van der Waals surface area contributed by atoms with Crippen molar-refractivity contribution in [2.24, 2.45) is 0 Å². The second-order valence-electron chi connectivity index (χ2n) is 5.32. The molecule has 0 aromatic rings. The van der Waals surface area contributed by atoms with Crippen LogP contribution < -0.4 is 0 Å². The van der Waals surface area contributed by atoms with Gasteiger partial charge >= 0.3 is 5.97 Å². The molecule has 17 heavy (non-hydrogen) atoms.